The lowest BCUT2D eigenvalue weighted by atomic mass is 10.1. The molecule has 1 N–H and O–H groups in total. The van der Waals surface area contributed by atoms with E-state index in [1.807, 2.05) is 30.9 Å². The van der Waals surface area contributed by atoms with Gasteiger partial charge in [-0.05, 0) is 32.4 Å². The van der Waals surface area contributed by atoms with Crippen molar-refractivity contribution in [1.82, 2.24) is 9.88 Å². The first-order valence-corrected chi connectivity index (χ1v) is 7.27. The van der Waals surface area contributed by atoms with Gasteiger partial charge >= 0.3 is 0 Å². The minimum atomic E-state index is 0.0661. The Morgan fingerprint density at radius 3 is 3.00 bits per heavy atom. The SMILES string of the molecule is CCNc1cc(C(=O)N2CCOC(CC)C2)cc(C)n1. The highest BCUT2D eigenvalue weighted by molar-refractivity contribution is 5.95. The predicted octanol–water partition coefficient (Wildman–Crippen LogP) is 2.07. The van der Waals surface area contributed by atoms with E-state index < -0.39 is 0 Å². The first kappa shape index (κ1) is 14.8. The van der Waals surface area contributed by atoms with Crippen LogP contribution < -0.4 is 5.32 Å². The lowest BCUT2D eigenvalue weighted by Crippen LogP contribution is -2.45. The number of morpholine rings is 1. The highest BCUT2D eigenvalue weighted by Crippen LogP contribution is 2.15. The molecule has 1 saturated heterocycles. The second-order valence-electron chi connectivity index (χ2n) is 5.06. The lowest BCUT2D eigenvalue weighted by molar-refractivity contribution is -0.0226. The fourth-order valence-corrected chi connectivity index (χ4v) is 2.40. The smallest absolute Gasteiger partial charge is 0.254 e. The van der Waals surface area contributed by atoms with Crippen LogP contribution in [0.4, 0.5) is 5.82 Å². The van der Waals surface area contributed by atoms with Gasteiger partial charge in [-0.1, -0.05) is 6.92 Å². The van der Waals surface area contributed by atoms with Crippen molar-refractivity contribution in [2.45, 2.75) is 33.3 Å². The Bertz CT molecular complexity index is 476. The van der Waals surface area contributed by atoms with Crippen molar-refractivity contribution < 1.29 is 9.53 Å². The number of ether oxygens (including phenoxy) is 1. The molecular weight excluding hydrogens is 254 g/mol. The normalized spacial score (nSPS) is 18.9. The summed E-state index contributed by atoms with van der Waals surface area (Å²) in [7, 11) is 0. The van der Waals surface area contributed by atoms with Crippen LogP contribution in [0.1, 0.15) is 36.3 Å². The Labute approximate surface area is 120 Å². The lowest BCUT2D eigenvalue weighted by Gasteiger charge is -2.32. The Kier molecular flexibility index (Phi) is 4.95. The maximum absolute atomic E-state index is 12.6. The molecule has 0 aliphatic carbocycles. The summed E-state index contributed by atoms with van der Waals surface area (Å²) in [4.78, 5) is 18.8. The van der Waals surface area contributed by atoms with Gasteiger partial charge < -0.3 is 15.0 Å². The molecule has 1 fully saturated rings. The number of pyridine rings is 1. The molecular formula is C15H23N3O2. The van der Waals surface area contributed by atoms with Crippen LogP contribution in [-0.2, 0) is 4.74 Å². The van der Waals surface area contributed by atoms with Crippen molar-refractivity contribution in [3.8, 4) is 0 Å². The highest BCUT2D eigenvalue weighted by Gasteiger charge is 2.24. The number of carbonyl (C=O) groups excluding carboxylic acids is 1. The van der Waals surface area contributed by atoms with Crippen molar-refractivity contribution >= 4 is 11.7 Å². The molecule has 0 spiro atoms. The van der Waals surface area contributed by atoms with Crippen molar-refractivity contribution in [3.63, 3.8) is 0 Å². The predicted molar refractivity (Wildman–Crippen MR) is 79.1 cm³/mol. The summed E-state index contributed by atoms with van der Waals surface area (Å²) in [6, 6.07) is 3.68. The number of aromatic nitrogens is 1. The van der Waals surface area contributed by atoms with Gasteiger partial charge in [0, 0.05) is 30.9 Å². The highest BCUT2D eigenvalue weighted by atomic mass is 16.5. The Hall–Kier alpha value is -1.62. The Morgan fingerprint density at radius 2 is 2.30 bits per heavy atom. The molecule has 2 rings (SSSR count). The Balaban J connectivity index is 2.15. The fraction of sp³-hybridized carbons (Fsp3) is 0.600. The van der Waals surface area contributed by atoms with Crippen LogP contribution in [0.25, 0.3) is 0 Å². The summed E-state index contributed by atoms with van der Waals surface area (Å²) in [6.07, 6.45) is 1.09. The van der Waals surface area contributed by atoms with Crippen LogP contribution >= 0.6 is 0 Å². The zero-order valence-corrected chi connectivity index (χ0v) is 12.5. The first-order valence-electron chi connectivity index (χ1n) is 7.27. The van der Waals surface area contributed by atoms with Gasteiger partial charge in [0.25, 0.3) is 5.91 Å². The van der Waals surface area contributed by atoms with Crippen LogP contribution in [0, 0.1) is 6.92 Å². The summed E-state index contributed by atoms with van der Waals surface area (Å²) in [6.45, 7) is 8.75. The number of aryl methyl sites for hydroxylation is 1. The molecule has 1 amide bonds. The van der Waals surface area contributed by atoms with Gasteiger partial charge in [-0.15, -0.1) is 0 Å². The number of rotatable bonds is 4. The third-order valence-corrected chi connectivity index (χ3v) is 3.44. The number of anilines is 1. The monoisotopic (exact) mass is 277 g/mol. The first-order chi connectivity index (χ1) is 9.63. The molecule has 5 heteroatoms. The van der Waals surface area contributed by atoms with Crippen molar-refractivity contribution in [2.24, 2.45) is 0 Å². The third-order valence-electron chi connectivity index (χ3n) is 3.44. The van der Waals surface area contributed by atoms with E-state index in [4.69, 9.17) is 4.74 Å². The van der Waals surface area contributed by atoms with Gasteiger partial charge in [0.2, 0.25) is 0 Å². The maximum Gasteiger partial charge on any atom is 0.254 e. The molecule has 1 aliphatic heterocycles. The van der Waals surface area contributed by atoms with E-state index in [0.717, 1.165) is 24.5 Å². The standard InChI is InChI=1S/C15H23N3O2/c1-4-13-10-18(6-7-20-13)15(19)12-8-11(3)17-14(9-12)16-5-2/h8-9,13H,4-7,10H2,1-3H3,(H,16,17). The summed E-state index contributed by atoms with van der Waals surface area (Å²) in [5.74, 6) is 0.826. The van der Waals surface area contributed by atoms with Gasteiger partial charge in [-0.2, -0.15) is 0 Å². The molecule has 1 aliphatic rings. The van der Waals surface area contributed by atoms with E-state index >= 15 is 0 Å². The molecule has 1 unspecified atom stereocenters. The molecule has 1 atom stereocenters. The minimum absolute atomic E-state index is 0.0661. The van der Waals surface area contributed by atoms with Crippen molar-refractivity contribution in [2.75, 3.05) is 31.6 Å². The maximum atomic E-state index is 12.6. The molecule has 1 aromatic heterocycles. The van der Waals surface area contributed by atoms with Crippen LogP contribution in [-0.4, -0.2) is 48.1 Å². The van der Waals surface area contributed by atoms with Crippen LogP contribution in [0.5, 0.6) is 0 Å². The quantitative estimate of drug-likeness (QED) is 0.915. The van der Waals surface area contributed by atoms with Gasteiger partial charge in [0.15, 0.2) is 0 Å². The zero-order chi connectivity index (χ0) is 14.5. The molecule has 110 valence electrons. The van der Waals surface area contributed by atoms with Crippen LogP contribution in [0.3, 0.4) is 0 Å². The van der Waals surface area contributed by atoms with E-state index in [0.29, 0.717) is 25.3 Å². The summed E-state index contributed by atoms with van der Waals surface area (Å²) in [5.41, 5.74) is 1.55. The minimum Gasteiger partial charge on any atom is -0.375 e. The molecule has 0 radical (unpaired) electrons. The van der Waals surface area contributed by atoms with E-state index in [-0.39, 0.29) is 12.0 Å². The number of nitrogens with zero attached hydrogens (tertiary/aromatic N) is 2. The summed E-state index contributed by atoms with van der Waals surface area (Å²) in [5, 5.41) is 3.16. The molecule has 5 nitrogen and oxygen atoms in total. The topological polar surface area (TPSA) is 54.5 Å². The average molecular weight is 277 g/mol. The van der Waals surface area contributed by atoms with Gasteiger partial charge in [-0.3, -0.25) is 4.79 Å². The second kappa shape index (κ2) is 6.70. The summed E-state index contributed by atoms with van der Waals surface area (Å²) >= 11 is 0. The number of hydrogen-bond acceptors (Lipinski definition) is 4. The van der Waals surface area contributed by atoms with E-state index in [2.05, 4.69) is 17.2 Å². The van der Waals surface area contributed by atoms with E-state index in [1.54, 1.807) is 0 Å². The largest absolute Gasteiger partial charge is 0.375 e. The fourth-order valence-electron chi connectivity index (χ4n) is 2.40. The van der Waals surface area contributed by atoms with E-state index in [1.165, 1.54) is 0 Å². The van der Waals surface area contributed by atoms with Gasteiger partial charge in [0.1, 0.15) is 5.82 Å². The second-order valence-corrected chi connectivity index (χ2v) is 5.06. The summed E-state index contributed by atoms with van der Waals surface area (Å²) < 4.78 is 5.61. The van der Waals surface area contributed by atoms with Gasteiger partial charge in [0.05, 0.1) is 12.7 Å². The van der Waals surface area contributed by atoms with Gasteiger partial charge in [-0.25, -0.2) is 4.98 Å². The molecule has 0 bridgehead atoms. The average Bonchev–Trinajstić information content (AvgIpc) is 2.46. The zero-order valence-electron chi connectivity index (χ0n) is 12.5. The molecule has 0 saturated carbocycles. The number of nitrogens with one attached hydrogen (secondary N) is 1. The van der Waals surface area contributed by atoms with E-state index in [9.17, 15) is 4.79 Å². The third kappa shape index (κ3) is 3.48. The van der Waals surface area contributed by atoms with Crippen molar-refractivity contribution in [1.29, 1.82) is 0 Å². The number of hydrogen-bond donors (Lipinski definition) is 1. The van der Waals surface area contributed by atoms with Crippen molar-refractivity contribution in [3.05, 3.63) is 23.4 Å². The van der Waals surface area contributed by atoms with Crippen LogP contribution in [0.15, 0.2) is 12.1 Å². The molecule has 20 heavy (non-hydrogen) atoms. The number of amides is 1. The number of carbonyl (C=O) groups is 1. The molecule has 2 heterocycles. The molecule has 0 aromatic carbocycles. The van der Waals surface area contributed by atoms with Crippen LogP contribution in [0.2, 0.25) is 0 Å². The Morgan fingerprint density at radius 1 is 1.50 bits per heavy atom. The molecule has 1 aromatic rings.